The highest BCUT2D eigenvalue weighted by atomic mass is 16.3. The number of aliphatic hydroxyl groups is 1. The van der Waals surface area contributed by atoms with E-state index in [0.29, 0.717) is 0 Å². The molecule has 2 fully saturated rings. The van der Waals surface area contributed by atoms with Crippen LogP contribution in [0, 0.1) is 11.8 Å². The van der Waals surface area contributed by atoms with Gasteiger partial charge in [-0.3, -0.25) is 0 Å². The van der Waals surface area contributed by atoms with Gasteiger partial charge in [0.05, 0.1) is 6.10 Å². The maximum Gasteiger partial charge on any atom is 0.0545 e. The van der Waals surface area contributed by atoms with Gasteiger partial charge in [-0.05, 0) is 24.7 Å². The van der Waals surface area contributed by atoms with Gasteiger partial charge in [0.2, 0.25) is 0 Å². The van der Waals surface area contributed by atoms with Crippen molar-refractivity contribution >= 4 is 0 Å². The molecule has 2 aliphatic carbocycles. The molecule has 0 spiro atoms. The van der Waals surface area contributed by atoms with Crippen LogP contribution < -0.4 is 0 Å². The van der Waals surface area contributed by atoms with Crippen molar-refractivity contribution in [3.63, 3.8) is 0 Å². The van der Waals surface area contributed by atoms with E-state index in [4.69, 9.17) is 0 Å². The van der Waals surface area contributed by atoms with Crippen LogP contribution in [-0.2, 0) is 0 Å². The molecular formula is C11H20O. The lowest BCUT2D eigenvalue weighted by Crippen LogP contribution is -2.24. The molecule has 0 amide bonds. The first-order valence-corrected chi connectivity index (χ1v) is 5.52. The predicted octanol–water partition coefficient (Wildman–Crippen LogP) is 2.73. The number of aliphatic hydroxyl groups excluding tert-OH is 1. The summed E-state index contributed by atoms with van der Waals surface area (Å²) in [6.45, 7) is 0. The minimum absolute atomic E-state index is 0.0283. The Labute approximate surface area is 75.2 Å². The van der Waals surface area contributed by atoms with E-state index in [1.54, 1.807) is 0 Å². The molecule has 0 unspecified atom stereocenters. The fourth-order valence-corrected chi connectivity index (χ4v) is 2.32. The fourth-order valence-electron chi connectivity index (χ4n) is 2.32. The van der Waals surface area contributed by atoms with E-state index in [-0.39, 0.29) is 6.10 Å². The Kier molecular flexibility index (Phi) is 2.69. The van der Waals surface area contributed by atoms with E-state index in [1.807, 2.05) is 0 Å². The van der Waals surface area contributed by atoms with Crippen LogP contribution in [0.15, 0.2) is 0 Å². The Hall–Kier alpha value is -0.0400. The second-order valence-electron chi connectivity index (χ2n) is 4.72. The van der Waals surface area contributed by atoms with E-state index < -0.39 is 0 Å². The third-order valence-electron chi connectivity index (χ3n) is 3.66. The summed E-state index contributed by atoms with van der Waals surface area (Å²) in [7, 11) is 0. The van der Waals surface area contributed by atoms with Gasteiger partial charge in [0.25, 0.3) is 0 Å². The van der Waals surface area contributed by atoms with Crippen LogP contribution in [-0.4, -0.2) is 11.2 Å². The molecule has 0 radical (unpaired) electrons. The first-order chi connectivity index (χ1) is 5.84. The molecule has 1 N–H and O–H groups in total. The van der Waals surface area contributed by atoms with Gasteiger partial charge in [-0.25, -0.2) is 0 Å². The van der Waals surface area contributed by atoms with E-state index in [1.165, 1.54) is 38.5 Å². The number of rotatable bonds is 4. The molecule has 0 aromatic heterocycles. The molecule has 12 heavy (non-hydrogen) atoms. The molecule has 0 bridgehead atoms. The summed E-state index contributed by atoms with van der Waals surface area (Å²) in [6, 6.07) is 0. The van der Waals surface area contributed by atoms with Gasteiger partial charge in [0.1, 0.15) is 0 Å². The van der Waals surface area contributed by atoms with Gasteiger partial charge < -0.3 is 5.11 Å². The summed E-state index contributed by atoms with van der Waals surface area (Å²) in [6.07, 6.45) is 10.5. The molecule has 2 rings (SSSR count). The van der Waals surface area contributed by atoms with E-state index in [9.17, 15) is 5.11 Å². The van der Waals surface area contributed by atoms with Gasteiger partial charge in [-0.15, -0.1) is 0 Å². The SMILES string of the molecule is OC(CC1CCC1)CC1CCC1. The summed E-state index contributed by atoms with van der Waals surface area (Å²) in [4.78, 5) is 0. The lowest BCUT2D eigenvalue weighted by atomic mass is 9.76. The van der Waals surface area contributed by atoms with Crippen molar-refractivity contribution in [3.05, 3.63) is 0 Å². The normalized spacial score (nSPS) is 25.5. The molecule has 0 aromatic rings. The first kappa shape index (κ1) is 8.55. The largest absolute Gasteiger partial charge is 0.393 e. The highest BCUT2D eigenvalue weighted by molar-refractivity contribution is 4.77. The van der Waals surface area contributed by atoms with Crippen molar-refractivity contribution in [2.45, 2.75) is 57.5 Å². The van der Waals surface area contributed by atoms with Gasteiger partial charge in [-0.1, -0.05) is 38.5 Å². The lowest BCUT2D eigenvalue weighted by Gasteiger charge is -2.31. The first-order valence-electron chi connectivity index (χ1n) is 5.52. The third kappa shape index (κ3) is 2.01. The van der Waals surface area contributed by atoms with Crippen molar-refractivity contribution in [1.82, 2.24) is 0 Å². The molecule has 0 aliphatic heterocycles. The van der Waals surface area contributed by atoms with Crippen molar-refractivity contribution in [3.8, 4) is 0 Å². The van der Waals surface area contributed by atoms with Crippen LogP contribution in [0.1, 0.15) is 51.4 Å². The molecule has 0 aromatic carbocycles. The number of hydrogen-bond acceptors (Lipinski definition) is 1. The van der Waals surface area contributed by atoms with Crippen LogP contribution in [0.2, 0.25) is 0 Å². The Bertz CT molecular complexity index is 120. The minimum atomic E-state index is 0.0283. The zero-order valence-electron chi connectivity index (χ0n) is 7.84. The highest BCUT2D eigenvalue weighted by Crippen LogP contribution is 2.35. The molecule has 0 heterocycles. The standard InChI is InChI=1S/C11H20O/c12-11(7-9-3-1-4-9)8-10-5-2-6-10/h9-12H,1-8H2. The van der Waals surface area contributed by atoms with E-state index in [2.05, 4.69) is 0 Å². The summed E-state index contributed by atoms with van der Waals surface area (Å²) < 4.78 is 0. The maximum atomic E-state index is 9.72. The average molecular weight is 168 g/mol. The van der Waals surface area contributed by atoms with Crippen molar-refractivity contribution in [2.24, 2.45) is 11.8 Å². The van der Waals surface area contributed by atoms with E-state index in [0.717, 1.165) is 24.7 Å². The van der Waals surface area contributed by atoms with Crippen LogP contribution in [0.4, 0.5) is 0 Å². The number of hydrogen-bond donors (Lipinski definition) is 1. The van der Waals surface area contributed by atoms with Gasteiger partial charge >= 0.3 is 0 Å². The molecule has 1 heteroatoms. The molecule has 70 valence electrons. The molecule has 0 saturated heterocycles. The average Bonchev–Trinajstić information content (AvgIpc) is 1.89. The van der Waals surface area contributed by atoms with Crippen molar-refractivity contribution in [2.75, 3.05) is 0 Å². The van der Waals surface area contributed by atoms with Crippen molar-refractivity contribution < 1.29 is 5.11 Å². The topological polar surface area (TPSA) is 20.2 Å². The quantitative estimate of drug-likeness (QED) is 0.684. The Morgan fingerprint density at radius 1 is 0.917 bits per heavy atom. The Morgan fingerprint density at radius 3 is 1.58 bits per heavy atom. The summed E-state index contributed by atoms with van der Waals surface area (Å²) in [5.41, 5.74) is 0. The third-order valence-corrected chi connectivity index (χ3v) is 3.66. The zero-order chi connectivity index (χ0) is 8.39. The minimum Gasteiger partial charge on any atom is -0.393 e. The van der Waals surface area contributed by atoms with Crippen LogP contribution >= 0.6 is 0 Å². The Morgan fingerprint density at radius 2 is 1.33 bits per heavy atom. The molecular weight excluding hydrogens is 148 g/mol. The molecule has 1 nitrogen and oxygen atoms in total. The second kappa shape index (κ2) is 3.78. The summed E-state index contributed by atoms with van der Waals surface area (Å²) >= 11 is 0. The van der Waals surface area contributed by atoms with Crippen LogP contribution in [0.3, 0.4) is 0 Å². The highest BCUT2D eigenvalue weighted by Gasteiger charge is 2.25. The van der Waals surface area contributed by atoms with Gasteiger partial charge in [0.15, 0.2) is 0 Å². The molecule has 2 aliphatic rings. The summed E-state index contributed by atoms with van der Waals surface area (Å²) in [5, 5.41) is 9.72. The second-order valence-corrected chi connectivity index (χ2v) is 4.72. The monoisotopic (exact) mass is 168 g/mol. The smallest absolute Gasteiger partial charge is 0.0545 e. The fraction of sp³-hybridized carbons (Fsp3) is 1.00. The van der Waals surface area contributed by atoms with Gasteiger partial charge in [-0.2, -0.15) is 0 Å². The zero-order valence-corrected chi connectivity index (χ0v) is 7.84. The van der Waals surface area contributed by atoms with Gasteiger partial charge in [0, 0.05) is 0 Å². The van der Waals surface area contributed by atoms with Crippen LogP contribution in [0.25, 0.3) is 0 Å². The molecule has 0 atom stereocenters. The molecule has 2 saturated carbocycles. The van der Waals surface area contributed by atoms with Crippen molar-refractivity contribution in [1.29, 1.82) is 0 Å². The summed E-state index contributed by atoms with van der Waals surface area (Å²) in [5.74, 6) is 1.75. The lowest BCUT2D eigenvalue weighted by molar-refractivity contribution is 0.0785. The Balaban J connectivity index is 1.58. The van der Waals surface area contributed by atoms with Crippen LogP contribution in [0.5, 0.6) is 0 Å². The maximum absolute atomic E-state index is 9.72. The predicted molar refractivity (Wildman–Crippen MR) is 49.9 cm³/mol. The van der Waals surface area contributed by atoms with E-state index >= 15 is 0 Å².